The molecule has 1 heterocycles. The van der Waals surface area contributed by atoms with Gasteiger partial charge in [-0.2, -0.15) is 0 Å². The molecule has 1 aliphatic heterocycles. The fraction of sp³-hybridized carbons (Fsp3) is 0.909. The molecule has 1 amide bonds. The molecule has 5 heteroatoms. The first-order valence-electron chi connectivity index (χ1n) is 5.98. The molecule has 0 aliphatic carbocycles. The molecule has 0 saturated carbocycles. The summed E-state index contributed by atoms with van der Waals surface area (Å²) in [5.74, 6) is 5.13. The van der Waals surface area contributed by atoms with Crippen molar-refractivity contribution in [2.24, 2.45) is 5.84 Å². The van der Waals surface area contributed by atoms with Crippen LogP contribution in [0.15, 0.2) is 0 Å². The van der Waals surface area contributed by atoms with E-state index in [2.05, 4.69) is 17.2 Å². The van der Waals surface area contributed by atoms with E-state index in [9.17, 15) is 4.79 Å². The van der Waals surface area contributed by atoms with Gasteiger partial charge in [-0.05, 0) is 20.3 Å². The van der Waals surface area contributed by atoms with E-state index in [4.69, 9.17) is 10.6 Å². The molecule has 0 aromatic carbocycles. The molecule has 1 fully saturated rings. The van der Waals surface area contributed by atoms with Crippen LogP contribution in [-0.2, 0) is 9.53 Å². The van der Waals surface area contributed by atoms with Crippen molar-refractivity contribution in [1.29, 1.82) is 0 Å². The number of carbonyl (C=O) groups is 1. The maximum Gasteiger partial charge on any atom is 0.251 e. The van der Waals surface area contributed by atoms with Crippen LogP contribution in [0.2, 0.25) is 0 Å². The monoisotopic (exact) mass is 229 g/mol. The lowest BCUT2D eigenvalue weighted by Gasteiger charge is -2.39. The van der Waals surface area contributed by atoms with Crippen molar-refractivity contribution in [3.05, 3.63) is 0 Å². The second-order valence-corrected chi connectivity index (χ2v) is 4.52. The number of carbonyl (C=O) groups excluding carboxylic acids is 1. The number of hydrogen-bond acceptors (Lipinski definition) is 4. The minimum atomic E-state index is -0.121. The van der Waals surface area contributed by atoms with E-state index in [0.29, 0.717) is 0 Å². The van der Waals surface area contributed by atoms with Gasteiger partial charge in [0.25, 0.3) is 5.91 Å². The van der Waals surface area contributed by atoms with Crippen molar-refractivity contribution in [2.45, 2.75) is 51.9 Å². The normalized spacial score (nSPS) is 28.8. The summed E-state index contributed by atoms with van der Waals surface area (Å²) in [6, 6.07) is -0.121. The maximum atomic E-state index is 11.7. The Kier molecular flexibility index (Phi) is 5.18. The van der Waals surface area contributed by atoms with E-state index in [1.165, 1.54) is 0 Å². The first-order chi connectivity index (χ1) is 7.58. The summed E-state index contributed by atoms with van der Waals surface area (Å²) in [7, 11) is 0. The number of nitrogens with one attached hydrogen (secondary N) is 1. The van der Waals surface area contributed by atoms with E-state index < -0.39 is 0 Å². The highest BCUT2D eigenvalue weighted by atomic mass is 16.5. The minimum Gasteiger partial charge on any atom is -0.373 e. The molecule has 1 saturated heterocycles. The number of nitrogens with two attached hydrogens (primary N) is 1. The molecular weight excluding hydrogens is 206 g/mol. The molecule has 94 valence electrons. The summed E-state index contributed by atoms with van der Waals surface area (Å²) in [5.41, 5.74) is 2.26. The van der Waals surface area contributed by atoms with Gasteiger partial charge in [0, 0.05) is 13.1 Å². The second-order valence-electron chi connectivity index (χ2n) is 4.52. The number of hydrazine groups is 1. The first kappa shape index (κ1) is 13.4. The SMILES string of the molecule is CCCC(C(=O)NN)N1C[C@@H](C)O[C@@H](C)C1. The van der Waals surface area contributed by atoms with Crippen molar-refractivity contribution in [2.75, 3.05) is 13.1 Å². The zero-order chi connectivity index (χ0) is 12.1. The molecule has 0 bridgehead atoms. The molecule has 0 aromatic heterocycles. The van der Waals surface area contributed by atoms with Crippen molar-refractivity contribution in [3.63, 3.8) is 0 Å². The Morgan fingerprint density at radius 2 is 2.06 bits per heavy atom. The molecule has 1 aliphatic rings. The quantitative estimate of drug-likeness (QED) is 0.412. The fourth-order valence-electron chi connectivity index (χ4n) is 2.32. The van der Waals surface area contributed by atoms with Crippen LogP contribution in [0.1, 0.15) is 33.6 Å². The third-order valence-corrected chi connectivity index (χ3v) is 2.90. The van der Waals surface area contributed by atoms with Crippen molar-refractivity contribution < 1.29 is 9.53 Å². The Hall–Kier alpha value is -0.650. The van der Waals surface area contributed by atoms with Crippen LogP contribution in [0.3, 0.4) is 0 Å². The van der Waals surface area contributed by atoms with E-state index in [1.807, 2.05) is 13.8 Å². The third kappa shape index (κ3) is 3.43. The van der Waals surface area contributed by atoms with E-state index in [0.717, 1.165) is 25.9 Å². The van der Waals surface area contributed by atoms with Crippen LogP contribution in [0.4, 0.5) is 0 Å². The molecule has 1 unspecified atom stereocenters. The zero-order valence-corrected chi connectivity index (χ0v) is 10.4. The van der Waals surface area contributed by atoms with E-state index in [-0.39, 0.29) is 24.2 Å². The Labute approximate surface area is 97.3 Å². The number of morpholine rings is 1. The molecule has 5 nitrogen and oxygen atoms in total. The number of hydrogen-bond donors (Lipinski definition) is 2. The average molecular weight is 229 g/mol. The van der Waals surface area contributed by atoms with Crippen LogP contribution < -0.4 is 11.3 Å². The number of ether oxygens (including phenoxy) is 1. The highest BCUT2D eigenvalue weighted by molar-refractivity contribution is 5.81. The zero-order valence-electron chi connectivity index (χ0n) is 10.4. The Morgan fingerprint density at radius 1 is 1.50 bits per heavy atom. The molecule has 0 spiro atoms. The lowest BCUT2D eigenvalue weighted by molar-refractivity contribution is -0.133. The predicted octanol–water partition coefficient (Wildman–Crippen LogP) is 0.254. The summed E-state index contributed by atoms with van der Waals surface area (Å²) in [4.78, 5) is 13.9. The lowest BCUT2D eigenvalue weighted by Crippen LogP contribution is -2.56. The topological polar surface area (TPSA) is 67.6 Å². The van der Waals surface area contributed by atoms with Gasteiger partial charge in [-0.1, -0.05) is 13.3 Å². The van der Waals surface area contributed by atoms with Gasteiger partial charge in [0.15, 0.2) is 0 Å². The summed E-state index contributed by atoms with van der Waals surface area (Å²) in [5, 5.41) is 0. The fourth-order valence-corrected chi connectivity index (χ4v) is 2.32. The largest absolute Gasteiger partial charge is 0.373 e. The van der Waals surface area contributed by atoms with Gasteiger partial charge in [-0.15, -0.1) is 0 Å². The van der Waals surface area contributed by atoms with Crippen LogP contribution in [0, 0.1) is 0 Å². The Balaban J connectivity index is 2.65. The minimum absolute atomic E-state index is 0.0943. The predicted molar refractivity (Wildman–Crippen MR) is 62.6 cm³/mol. The highest BCUT2D eigenvalue weighted by Crippen LogP contribution is 2.16. The summed E-state index contributed by atoms with van der Waals surface area (Å²) in [6.45, 7) is 7.73. The van der Waals surface area contributed by atoms with Gasteiger partial charge in [0.05, 0.1) is 18.2 Å². The molecule has 0 radical (unpaired) electrons. The van der Waals surface area contributed by atoms with Crippen molar-refractivity contribution in [3.8, 4) is 0 Å². The highest BCUT2D eigenvalue weighted by Gasteiger charge is 2.31. The van der Waals surface area contributed by atoms with Gasteiger partial charge in [0.2, 0.25) is 0 Å². The molecule has 0 aromatic rings. The molecule has 16 heavy (non-hydrogen) atoms. The molecule has 3 atom stereocenters. The first-order valence-corrected chi connectivity index (χ1v) is 5.98. The molecule has 1 rings (SSSR count). The van der Waals surface area contributed by atoms with Gasteiger partial charge in [0.1, 0.15) is 0 Å². The maximum absolute atomic E-state index is 11.7. The Morgan fingerprint density at radius 3 is 2.50 bits per heavy atom. The number of nitrogens with zero attached hydrogens (tertiary/aromatic N) is 1. The van der Waals surface area contributed by atoms with E-state index in [1.54, 1.807) is 0 Å². The van der Waals surface area contributed by atoms with Crippen LogP contribution >= 0.6 is 0 Å². The van der Waals surface area contributed by atoms with Gasteiger partial charge in [-0.3, -0.25) is 15.1 Å². The van der Waals surface area contributed by atoms with Gasteiger partial charge < -0.3 is 4.74 Å². The average Bonchev–Trinajstić information content (AvgIpc) is 2.23. The molecular formula is C11H23N3O2. The van der Waals surface area contributed by atoms with E-state index >= 15 is 0 Å². The smallest absolute Gasteiger partial charge is 0.251 e. The number of amides is 1. The van der Waals surface area contributed by atoms with Crippen molar-refractivity contribution >= 4 is 5.91 Å². The summed E-state index contributed by atoms with van der Waals surface area (Å²) >= 11 is 0. The summed E-state index contributed by atoms with van der Waals surface area (Å²) in [6.07, 6.45) is 2.16. The van der Waals surface area contributed by atoms with Crippen molar-refractivity contribution in [1.82, 2.24) is 10.3 Å². The lowest BCUT2D eigenvalue weighted by atomic mass is 10.1. The second kappa shape index (κ2) is 6.18. The van der Waals surface area contributed by atoms with Crippen LogP contribution in [0.25, 0.3) is 0 Å². The Bertz CT molecular complexity index is 225. The molecule has 3 N–H and O–H groups in total. The summed E-state index contributed by atoms with van der Waals surface area (Å²) < 4.78 is 5.65. The van der Waals surface area contributed by atoms with Gasteiger partial charge >= 0.3 is 0 Å². The standard InChI is InChI=1S/C11H23N3O2/c1-4-5-10(11(15)13-12)14-6-8(2)16-9(3)7-14/h8-10H,4-7,12H2,1-3H3,(H,13,15)/t8-,9+,10?. The number of rotatable bonds is 4. The van der Waals surface area contributed by atoms with Gasteiger partial charge in [-0.25, -0.2) is 5.84 Å². The van der Waals surface area contributed by atoms with Crippen LogP contribution in [0.5, 0.6) is 0 Å². The van der Waals surface area contributed by atoms with Crippen LogP contribution in [-0.4, -0.2) is 42.1 Å². The third-order valence-electron chi connectivity index (χ3n) is 2.90.